The van der Waals surface area contributed by atoms with Crippen LogP contribution in [-0.4, -0.2) is 24.7 Å². The molecule has 2 atom stereocenters. The van der Waals surface area contributed by atoms with Gasteiger partial charge in [-0.25, -0.2) is 0 Å². The maximum Gasteiger partial charge on any atom is 0.0295 e. The summed E-state index contributed by atoms with van der Waals surface area (Å²) < 4.78 is 0. The Balaban J connectivity index is 1.88. The van der Waals surface area contributed by atoms with Gasteiger partial charge in [0.1, 0.15) is 0 Å². The van der Waals surface area contributed by atoms with Gasteiger partial charge >= 0.3 is 0 Å². The molecule has 0 aromatic heterocycles. The van der Waals surface area contributed by atoms with Crippen molar-refractivity contribution in [3.05, 3.63) is 12.2 Å². The van der Waals surface area contributed by atoms with Crippen LogP contribution < -0.4 is 10.6 Å². The molecule has 0 saturated carbocycles. The third-order valence-corrected chi connectivity index (χ3v) is 3.16. The fourth-order valence-corrected chi connectivity index (χ4v) is 2.32. The molecule has 1 aliphatic carbocycles. The zero-order chi connectivity index (χ0) is 9.15. The Bertz CT molecular complexity index is 192. The Labute approximate surface area is 80.8 Å². The zero-order valence-corrected chi connectivity index (χ0v) is 8.47. The predicted molar refractivity (Wildman–Crippen MR) is 55.8 cm³/mol. The van der Waals surface area contributed by atoms with Gasteiger partial charge in [0.2, 0.25) is 0 Å². The van der Waals surface area contributed by atoms with Crippen molar-refractivity contribution in [1.82, 2.24) is 10.6 Å². The molecule has 2 aliphatic rings. The Kier molecular flexibility index (Phi) is 2.70. The second-order valence-corrected chi connectivity index (χ2v) is 4.60. The van der Waals surface area contributed by atoms with Crippen LogP contribution in [0.1, 0.15) is 32.6 Å². The van der Waals surface area contributed by atoms with E-state index in [-0.39, 0.29) is 0 Å². The van der Waals surface area contributed by atoms with Crippen molar-refractivity contribution in [2.75, 3.05) is 13.1 Å². The van der Waals surface area contributed by atoms with E-state index in [1.807, 2.05) is 0 Å². The summed E-state index contributed by atoms with van der Waals surface area (Å²) >= 11 is 0. The fraction of sp³-hybridized carbons (Fsp3) is 0.818. The first kappa shape index (κ1) is 9.22. The topological polar surface area (TPSA) is 24.1 Å². The molecule has 1 saturated heterocycles. The van der Waals surface area contributed by atoms with Crippen LogP contribution in [0.25, 0.3) is 0 Å². The lowest BCUT2D eigenvalue weighted by Gasteiger charge is -2.30. The maximum atomic E-state index is 3.74. The highest BCUT2D eigenvalue weighted by Crippen LogP contribution is 2.18. The molecule has 0 bridgehead atoms. The molecule has 2 rings (SSSR count). The lowest BCUT2D eigenvalue weighted by Crippen LogP contribution is -2.49. The van der Waals surface area contributed by atoms with E-state index in [4.69, 9.17) is 0 Å². The van der Waals surface area contributed by atoms with Crippen molar-refractivity contribution in [2.24, 2.45) is 0 Å². The molecule has 0 aromatic rings. The van der Waals surface area contributed by atoms with E-state index in [0.717, 1.165) is 6.54 Å². The Morgan fingerprint density at radius 1 is 1.54 bits per heavy atom. The normalized spacial score (nSPS) is 39.6. The van der Waals surface area contributed by atoms with Gasteiger partial charge in [0.25, 0.3) is 0 Å². The van der Waals surface area contributed by atoms with E-state index in [0.29, 0.717) is 11.6 Å². The van der Waals surface area contributed by atoms with Crippen molar-refractivity contribution in [3.63, 3.8) is 0 Å². The number of hydrogen-bond donors (Lipinski definition) is 2. The average molecular weight is 180 g/mol. The molecule has 2 nitrogen and oxygen atoms in total. The fourth-order valence-electron chi connectivity index (χ4n) is 2.32. The second-order valence-electron chi connectivity index (χ2n) is 4.60. The largest absolute Gasteiger partial charge is 0.315 e. The zero-order valence-electron chi connectivity index (χ0n) is 8.47. The molecule has 1 aliphatic heterocycles. The summed E-state index contributed by atoms with van der Waals surface area (Å²) in [5.74, 6) is 0. The SMILES string of the molecule is CC1(NC2C=CCCC2)CCNC1. The summed E-state index contributed by atoms with van der Waals surface area (Å²) in [6, 6.07) is 0.624. The first-order valence-electron chi connectivity index (χ1n) is 5.44. The summed E-state index contributed by atoms with van der Waals surface area (Å²) in [7, 11) is 0. The molecule has 1 heterocycles. The quantitative estimate of drug-likeness (QED) is 0.628. The highest BCUT2D eigenvalue weighted by molar-refractivity contribution is 5.03. The Hall–Kier alpha value is -0.340. The number of hydrogen-bond acceptors (Lipinski definition) is 2. The molecule has 74 valence electrons. The van der Waals surface area contributed by atoms with E-state index >= 15 is 0 Å². The molecule has 0 aromatic carbocycles. The Morgan fingerprint density at radius 3 is 3.08 bits per heavy atom. The number of nitrogens with one attached hydrogen (secondary N) is 2. The lowest BCUT2D eigenvalue weighted by atomic mass is 9.96. The van der Waals surface area contributed by atoms with Crippen molar-refractivity contribution in [3.8, 4) is 0 Å². The highest BCUT2D eigenvalue weighted by Gasteiger charge is 2.29. The van der Waals surface area contributed by atoms with Crippen LogP contribution in [-0.2, 0) is 0 Å². The standard InChI is InChI=1S/C11H20N2/c1-11(7-8-12-9-11)13-10-5-3-2-4-6-10/h3,5,10,12-13H,2,4,6-9H2,1H3. The molecule has 2 heteroatoms. The maximum absolute atomic E-state index is 3.74. The van der Waals surface area contributed by atoms with Crippen LogP contribution in [0.3, 0.4) is 0 Å². The minimum absolute atomic E-state index is 0.340. The molecule has 2 N–H and O–H groups in total. The van der Waals surface area contributed by atoms with E-state index in [2.05, 4.69) is 29.7 Å². The summed E-state index contributed by atoms with van der Waals surface area (Å²) in [4.78, 5) is 0. The van der Waals surface area contributed by atoms with Crippen molar-refractivity contribution in [2.45, 2.75) is 44.2 Å². The van der Waals surface area contributed by atoms with E-state index < -0.39 is 0 Å². The highest BCUT2D eigenvalue weighted by atomic mass is 15.1. The summed E-state index contributed by atoms with van der Waals surface area (Å²) in [6.45, 7) is 4.62. The van der Waals surface area contributed by atoms with Gasteiger partial charge in [-0.3, -0.25) is 0 Å². The van der Waals surface area contributed by atoms with Crippen molar-refractivity contribution < 1.29 is 0 Å². The molecule has 0 amide bonds. The van der Waals surface area contributed by atoms with Gasteiger partial charge in [-0.05, 0) is 39.2 Å². The number of allylic oxidation sites excluding steroid dienone is 1. The van der Waals surface area contributed by atoms with Crippen LogP contribution in [0, 0.1) is 0 Å². The summed E-state index contributed by atoms with van der Waals surface area (Å²) in [5, 5.41) is 7.16. The monoisotopic (exact) mass is 180 g/mol. The van der Waals surface area contributed by atoms with E-state index in [1.165, 1.54) is 32.2 Å². The minimum atomic E-state index is 0.340. The lowest BCUT2D eigenvalue weighted by molar-refractivity contribution is 0.342. The van der Waals surface area contributed by atoms with E-state index in [9.17, 15) is 0 Å². The molecular formula is C11H20N2. The van der Waals surface area contributed by atoms with Crippen LogP contribution in [0.4, 0.5) is 0 Å². The molecule has 0 spiro atoms. The van der Waals surface area contributed by atoms with Crippen molar-refractivity contribution in [1.29, 1.82) is 0 Å². The van der Waals surface area contributed by atoms with Gasteiger partial charge in [0, 0.05) is 18.1 Å². The van der Waals surface area contributed by atoms with Gasteiger partial charge < -0.3 is 10.6 Å². The first-order valence-corrected chi connectivity index (χ1v) is 5.44. The van der Waals surface area contributed by atoms with Crippen molar-refractivity contribution >= 4 is 0 Å². The third-order valence-electron chi connectivity index (χ3n) is 3.16. The molecule has 2 unspecified atom stereocenters. The van der Waals surface area contributed by atoms with Crippen LogP contribution >= 0.6 is 0 Å². The van der Waals surface area contributed by atoms with Gasteiger partial charge in [-0.2, -0.15) is 0 Å². The molecule has 1 fully saturated rings. The smallest absolute Gasteiger partial charge is 0.0295 e. The van der Waals surface area contributed by atoms with Crippen LogP contribution in [0.15, 0.2) is 12.2 Å². The molecule has 0 radical (unpaired) electrons. The van der Waals surface area contributed by atoms with Gasteiger partial charge in [-0.15, -0.1) is 0 Å². The predicted octanol–water partition coefficient (Wildman–Crippen LogP) is 1.44. The molecule has 13 heavy (non-hydrogen) atoms. The van der Waals surface area contributed by atoms with E-state index in [1.54, 1.807) is 0 Å². The van der Waals surface area contributed by atoms with Crippen LogP contribution in [0.2, 0.25) is 0 Å². The van der Waals surface area contributed by atoms with Gasteiger partial charge in [0.05, 0.1) is 0 Å². The average Bonchev–Trinajstić information content (AvgIpc) is 2.54. The Morgan fingerprint density at radius 2 is 2.46 bits per heavy atom. The van der Waals surface area contributed by atoms with Crippen LogP contribution in [0.5, 0.6) is 0 Å². The summed E-state index contributed by atoms with van der Waals surface area (Å²) in [6.07, 6.45) is 9.84. The van der Waals surface area contributed by atoms with Gasteiger partial charge in [0.15, 0.2) is 0 Å². The molecular weight excluding hydrogens is 160 g/mol. The minimum Gasteiger partial charge on any atom is -0.315 e. The summed E-state index contributed by atoms with van der Waals surface area (Å²) in [5.41, 5.74) is 0.340. The third kappa shape index (κ3) is 2.32. The first-order chi connectivity index (χ1) is 6.29. The second kappa shape index (κ2) is 3.81. The van der Waals surface area contributed by atoms with Gasteiger partial charge in [-0.1, -0.05) is 12.2 Å². The number of rotatable bonds is 2.